The van der Waals surface area contributed by atoms with E-state index in [1.54, 1.807) is 19.1 Å². The van der Waals surface area contributed by atoms with E-state index in [-0.39, 0.29) is 39.4 Å². The van der Waals surface area contributed by atoms with Crippen LogP contribution in [0.5, 0.6) is 0 Å². The van der Waals surface area contributed by atoms with Crippen LogP contribution in [0.1, 0.15) is 6.92 Å². The van der Waals surface area contributed by atoms with Crippen LogP contribution in [0.2, 0.25) is 0 Å². The number of hydrogen-bond acceptors (Lipinski definition) is 9. The number of benzene rings is 1. The van der Waals surface area contributed by atoms with Crippen LogP contribution in [0.25, 0.3) is 11.8 Å². The molecule has 12 heteroatoms. The number of ether oxygens (including phenoxy) is 1. The van der Waals surface area contributed by atoms with Gasteiger partial charge in [0.2, 0.25) is 10.0 Å². The van der Waals surface area contributed by atoms with Gasteiger partial charge in [0.1, 0.15) is 21.9 Å². The Morgan fingerprint density at radius 1 is 1.38 bits per heavy atom. The molecule has 1 aromatic carbocycles. The number of anilines is 1. The smallest absolute Gasteiger partial charge is 0.352 e. The first-order chi connectivity index (χ1) is 16.1. The zero-order valence-electron chi connectivity index (χ0n) is 19.2. The summed E-state index contributed by atoms with van der Waals surface area (Å²) in [7, 11) is -0.00766. The number of thiazole rings is 1. The Morgan fingerprint density at radius 3 is 2.74 bits per heavy atom. The zero-order valence-corrected chi connectivity index (χ0v) is 20.8. The minimum absolute atomic E-state index is 0.0600. The topological polar surface area (TPSA) is 134 Å². The molecule has 2 N–H and O–H groups in total. The van der Waals surface area contributed by atoms with Crippen molar-refractivity contribution >= 4 is 44.8 Å². The molecule has 0 aliphatic carbocycles. The number of nitrogens with one attached hydrogen (secondary N) is 2. The molecule has 0 radical (unpaired) electrons. The van der Waals surface area contributed by atoms with E-state index in [0.717, 1.165) is 11.3 Å². The van der Waals surface area contributed by atoms with Gasteiger partial charge in [0, 0.05) is 31.5 Å². The number of rotatable bonds is 11. The van der Waals surface area contributed by atoms with Crippen LogP contribution in [-0.2, 0) is 26.1 Å². The largest absolute Gasteiger partial charge is 0.457 e. The first kappa shape index (κ1) is 27.0. The Balaban J connectivity index is 2.40. The monoisotopic (exact) mass is 505 g/mol. The molecule has 0 aliphatic rings. The van der Waals surface area contributed by atoms with Crippen LogP contribution < -0.4 is 24.8 Å². The molecule has 0 spiro atoms. The van der Waals surface area contributed by atoms with Crippen LogP contribution in [0.4, 0.5) is 5.69 Å². The number of nitriles is 1. The highest BCUT2D eigenvalue weighted by Crippen LogP contribution is 2.15. The van der Waals surface area contributed by atoms with Gasteiger partial charge in [0.15, 0.2) is 5.57 Å². The van der Waals surface area contributed by atoms with Crippen molar-refractivity contribution in [2.45, 2.75) is 18.4 Å². The van der Waals surface area contributed by atoms with Gasteiger partial charge in [-0.1, -0.05) is 18.7 Å². The van der Waals surface area contributed by atoms with Gasteiger partial charge in [0.05, 0.1) is 4.90 Å². The van der Waals surface area contributed by atoms with E-state index >= 15 is 0 Å². The molecule has 0 unspecified atom stereocenters. The predicted molar refractivity (Wildman–Crippen MR) is 132 cm³/mol. The molecule has 0 saturated carbocycles. The van der Waals surface area contributed by atoms with E-state index in [0.29, 0.717) is 12.2 Å². The minimum Gasteiger partial charge on any atom is -0.457 e. The van der Waals surface area contributed by atoms with Crippen molar-refractivity contribution in [1.29, 1.82) is 5.26 Å². The van der Waals surface area contributed by atoms with Crippen molar-refractivity contribution in [1.82, 2.24) is 14.2 Å². The van der Waals surface area contributed by atoms with Gasteiger partial charge in [-0.05, 0) is 39.2 Å². The molecule has 0 saturated heterocycles. The van der Waals surface area contributed by atoms with Crippen molar-refractivity contribution < 1.29 is 17.9 Å². The number of aromatic nitrogens is 1. The number of likely N-dealkylation sites (N-methyl/N-ethyl adjacent to an activating group) is 1. The van der Waals surface area contributed by atoms with Gasteiger partial charge < -0.3 is 15.0 Å². The van der Waals surface area contributed by atoms with Gasteiger partial charge in [-0.15, -0.1) is 11.3 Å². The molecule has 1 heterocycles. The summed E-state index contributed by atoms with van der Waals surface area (Å²) in [5, 5.41) is 12.4. The maximum absolute atomic E-state index is 12.8. The summed E-state index contributed by atoms with van der Waals surface area (Å²) in [5.74, 6) is -0.843. The molecule has 1 aromatic heterocycles. The van der Waals surface area contributed by atoms with Crippen LogP contribution in [0, 0.1) is 11.3 Å². The fourth-order valence-corrected chi connectivity index (χ4v) is 4.91. The molecular weight excluding hydrogens is 478 g/mol. The van der Waals surface area contributed by atoms with Crippen molar-refractivity contribution in [2.75, 3.05) is 39.1 Å². The Bertz CT molecular complexity index is 1370. The molecule has 34 heavy (non-hydrogen) atoms. The zero-order chi connectivity index (χ0) is 25.3. The molecule has 2 aromatic rings. The highest BCUT2D eigenvalue weighted by Gasteiger charge is 2.17. The highest BCUT2D eigenvalue weighted by molar-refractivity contribution is 7.89. The predicted octanol–water partition coefficient (Wildman–Crippen LogP) is 0.0232. The molecule has 0 atom stereocenters. The second-order valence-electron chi connectivity index (χ2n) is 7.21. The third-order valence-corrected chi connectivity index (χ3v) is 7.04. The summed E-state index contributed by atoms with van der Waals surface area (Å²) in [4.78, 5) is 27.0. The Morgan fingerprint density at radius 2 is 2.12 bits per heavy atom. The lowest BCUT2D eigenvalue weighted by Gasteiger charge is -2.11. The maximum atomic E-state index is 12.8. The first-order valence-electron chi connectivity index (χ1n) is 10.3. The van der Waals surface area contributed by atoms with Gasteiger partial charge in [-0.25, -0.2) is 17.9 Å². The number of carbonyl (C=O) groups excluding carboxylic acids is 1. The van der Waals surface area contributed by atoms with Gasteiger partial charge >= 0.3 is 5.97 Å². The van der Waals surface area contributed by atoms with E-state index in [9.17, 15) is 23.3 Å². The third-order valence-electron chi connectivity index (χ3n) is 4.45. The average molecular weight is 506 g/mol. The average Bonchev–Trinajstić information content (AvgIpc) is 3.11. The summed E-state index contributed by atoms with van der Waals surface area (Å²) in [6.07, 6.45) is 2.79. The van der Waals surface area contributed by atoms with E-state index in [4.69, 9.17) is 4.74 Å². The Kier molecular flexibility index (Phi) is 9.76. The molecule has 0 amide bonds. The SMILES string of the molecule is C=CCOC(=O)/C(C#N)=c1\s/c(=C/Nc2cccc(S(=O)(=O)NCCN(C)C)c2)c(=O)n1CC. The lowest BCUT2D eigenvalue weighted by Crippen LogP contribution is -2.32. The van der Waals surface area contributed by atoms with E-state index in [1.165, 1.54) is 29.0 Å². The summed E-state index contributed by atoms with van der Waals surface area (Å²) >= 11 is 0.959. The van der Waals surface area contributed by atoms with Crippen molar-refractivity contribution in [3.63, 3.8) is 0 Å². The van der Waals surface area contributed by atoms with Crippen molar-refractivity contribution in [3.05, 3.63) is 56.5 Å². The molecule has 0 fully saturated rings. The Hall–Kier alpha value is -3.24. The van der Waals surface area contributed by atoms with Gasteiger partial charge in [-0.2, -0.15) is 5.26 Å². The molecule has 0 aliphatic heterocycles. The normalized spacial score (nSPS) is 12.9. The number of esters is 1. The van der Waals surface area contributed by atoms with Crippen LogP contribution in [-0.4, -0.2) is 57.6 Å². The van der Waals surface area contributed by atoms with Crippen LogP contribution in [0.15, 0.2) is 46.6 Å². The van der Waals surface area contributed by atoms with Crippen molar-refractivity contribution in [2.24, 2.45) is 0 Å². The highest BCUT2D eigenvalue weighted by atomic mass is 32.2. The molecule has 0 bridgehead atoms. The molecule has 182 valence electrons. The second kappa shape index (κ2) is 12.3. The van der Waals surface area contributed by atoms with Crippen LogP contribution in [0.3, 0.4) is 0 Å². The standard InChI is InChI=1S/C22H27N5O5S2/c1-5-12-32-22(29)18(14-23)21-27(6-2)20(28)19(33-21)15-24-16-8-7-9-17(13-16)34(30,31)25-10-11-26(3)4/h5,7-9,13,15,24-25H,1,6,10-12H2,2-4H3/b19-15+,21-18-. The van der Waals surface area contributed by atoms with Crippen LogP contribution >= 0.6 is 11.3 Å². The molecule has 2 rings (SSSR count). The molecular formula is C22H27N5O5S2. The Labute approximate surface area is 202 Å². The number of sulfonamides is 1. The maximum Gasteiger partial charge on any atom is 0.352 e. The lowest BCUT2D eigenvalue weighted by atomic mass is 10.3. The fraction of sp³-hybridized carbons (Fsp3) is 0.318. The summed E-state index contributed by atoms with van der Waals surface area (Å²) in [5.41, 5.74) is -0.224. The number of carbonyl (C=O) groups is 1. The quantitative estimate of drug-likeness (QED) is 0.323. The second-order valence-corrected chi connectivity index (χ2v) is 10.0. The summed E-state index contributed by atoms with van der Waals surface area (Å²) in [6.45, 7) is 6.18. The van der Waals surface area contributed by atoms with Gasteiger partial charge in [0.25, 0.3) is 5.56 Å². The summed E-state index contributed by atoms with van der Waals surface area (Å²) < 4.78 is 34.3. The van der Waals surface area contributed by atoms with E-state index in [1.807, 2.05) is 25.1 Å². The number of nitrogens with zero attached hydrogens (tertiary/aromatic N) is 3. The van der Waals surface area contributed by atoms with E-state index < -0.39 is 21.6 Å². The van der Waals surface area contributed by atoms with E-state index in [2.05, 4.69) is 16.6 Å². The number of hydrogen-bond donors (Lipinski definition) is 2. The lowest BCUT2D eigenvalue weighted by molar-refractivity contribution is -0.135. The third kappa shape index (κ3) is 6.88. The summed E-state index contributed by atoms with van der Waals surface area (Å²) in [6, 6.07) is 7.96. The van der Waals surface area contributed by atoms with Gasteiger partial charge in [-0.3, -0.25) is 9.36 Å². The fourth-order valence-electron chi connectivity index (χ4n) is 2.77. The first-order valence-corrected chi connectivity index (χ1v) is 12.6. The minimum atomic E-state index is -3.70. The molecule has 10 nitrogen and oxygen atoms in total. The van der Waals surface area contributed by atoms with Crippen molar-refractivity contribution in [3.8, 4) is 6.07 Å².